The quantitative estimate of drug-likeness (QED) is 0.459. The number of alkyl halides is 3. The van der Waals surface area contributed by atoms with Crippen molar-refractivity contribution >= 4 is 5.84 Å². The molecule has 0 amide bonds. The van der Waals surface area contributed by atoms with Crippen molar-refractivity contribution in [2.45, 2.75) is 50.8 Å². The number of nitrogens with two attached hydrogens (primary N) is 1. The van der Waals surface area contributed by atoms with Gasteiger partial charge >= 0.3 is 6.18 Å². The molecule has 1 atom stereocenters. The van der Waals surface area contributed by atoms with Gasteiger partial charge in [-0.25, -0.2) is 0 Å². The van der Waals surface area contributed by atoms with Crippen molar-refractivity contribution in [3.63, 3.8) is 0 Å². The number of nitrogens with one attached hydrogen (secondary N) is 1. The maximum absolute atomic E-state index is 12.5. The van der Waals surface area contributed by atoms with Crippen molar-refractivity contribution in [1.82, 2.24) is 0 Å². The van der Waals surface area contributed by atoms with E-state index in [1.54, 1.807) is 0 Å². The molecule has 100 valence electrons. The van der Waals surface area contributed by atoms with E-state index < -0.39 is 24.5 Å². The molecule has 0 radical (unpaired) electrons. The lowest BCUT2D eigenvalue weighted by Crippen LogP contribution is -2.39. The fourth-order valence-corrected chi connectivity index (χ4v) is 2.00. The van der Waals surface area contributed by atoms with E-state index in [0.717, 1.165) is 38.5 Å². The van der Waals surface area contributed by atoms with Gasteiger partial charge in [-0.1, -0.05) is 25.7 Å². The lowest BCUT2D eigenvalue weighted by molar-refractivity contribution is -0.172. The first-order valence-electron chi connectivity index (χ1n) is 5.93. The van der Waals surface area contributed by atoms with Gasteiger partial charge in [0.15, 0.2) is 0 Å². The number of hydrogen-bond acceptors (Lipinski definition) is 2. The van der Waals surface area contributed by atoms with E-state index in [1.165, 1.54) is 0 Å². The largest absolute Gasteiger partial charge is 0.400 e. The molecule has 1 aliphatic rings. The van der Waals surface area contributed by atoms with Gasteiger partial charge in [-0.2, -0.15) is 13.2 Å². The number of halogens is 3. The van der Waals surface area contributed by atoms with Crippen LogP contribution in [-0.4, -0.2) is 24.7 Å². The Bertz CT molecular complexity index is 248. The average molecular weight is 252 g/mol. The Morgan fingerprint density at radius 1 is 1.24 bits per heavy atom. The van der Waals surface area contributed by atoms with Crippen LogP contribution in [0.15, 0.2) is 0 Å². The van der Waals surface area contributed by atoms with Crippen molar-refractivity contribution in [3.8, 4) is 0 Å². The topological polar surface area (TPSA) is 59.1 Å². The zero-order chi connectivity index (χ0) is 12.9. The molecule has 3 N–H and O–H groups in total. The molecule has 3 nitrogen and oxygen atoms in total. The predicted molar refractivity (Wildman–Crippen MR) is 58.9 cm³/mol. The summed E-state index contributed by atoms with van der Waals surface area (Å²) in [6.45, 7) is -0.524. The van der Waals surface area contributed by atoms with Gasteiger partial charge in [0.2, 0.25) is 0 Å². The Morgan fingerprint density at radius 2 is 1.76 bits per heavy atom. The summed E-state index contributed by atoms with van der Waals surface area (Å²) in [7, 11) is 0. The number of amidine groups is 1. The highest BCUT2D eigenvalue weighted by Gasteiger charge is 2.42. The first-order chi connectivity index (χ1) is 7.91. The molecule has 17 heavy (non-hydrogen) atoms. The van der Waals surface area contributed by atoms with Crippen molar-refractivity contribution in [2.75, 3.05) is 6.61 Å². The third kappa shape index (κ3) is 4.93. The number of hydrogen-bond donors (Lipinski definition) is 2. The molecule has 0 aliphatic heterocycles. The zero-order valence-corrected chi connectivity index (χ0v) is 9.72. The van der Waals surface area contributed by atoms with Crippen molar-refractivity contribution < 1.29 is 17.9 Å². The minimum absolute atomic E-state index is 0.110. The Kier molecular flexibility index (Phi) is 5.24. The normalized spacial score (nSPS) is 20.9. The lowest BCUT2D eigenvalue weighted by atomic mass is 10.1. The van der Waals surface area contributed by atoms with Gasteiger partial charge in [-0.3, -0.25) is 5.41 Å². The molecule has 0 heterocycles. The van der Waals surface area contributed by atoms with Crippen LogP contribution in [0.2, 0.25) is 0 Å². The van der Waals surface area contributed by atoms with E-state index in [1.807, 2.05) is 0 Å². The minimum Gasteiger partial charge on any atom is -0.387 e. The van der Waals surface area contributed by atoms with E-state index in [-0.39, 0.29) is 6.10 Å². The monoisotopic (exact) mass is 252 g/mol. The smallest absolute Gasteiger partial charge is 0.387 e. The molecule has 0 aromatic carbocycles. The van der Waals surface area contributed by atoms with Gasteiger partial charge in [0, 0.05) is 0 Å². The van der Waals surface area contributed by atoms with Gasteiger partial charge < -0.3 is 10.5 Å². The van der Waals surface area contributed by atoms with Crippen LogP contribution in [0, 0.1) is 11.3 Å². The summed E-state index contributed by atoms with van der Waals surface area (Å²) in [6, 6.07) is 0. The van der Waals surface area contributed by atoms with Crippen LogP contribution >= 0.6 is 0 Å². The third-order valence-corrected chi connectivity index (χ3v) is 3.07. The van der Waals surface area contributed by atoms with Crippen LogP contribution < -0.4 is 5.73 Å². The number of ether oxygens (including phenoxy) is 1. The second-order valence-electron chi connectivity index (χ2n) is 4.50. The summed E-state index contributed by atoms with van der Waals surface area (Å²) < 4.78 is 42.8. The van der Waals surface area contributed by atoms with Gasteiger partial charge in [-0.05, 0) is 12.8 Å². The second-order valence-corrected chi connectivity index (χ2v) is 4.50. The molecule has 1 rings (SSSR count). The molecule has 0 bridgehead atoms. The SMILES string of the molecule is N=C(N)C(COC1CCCCCC1)C(F)(F)F. The molecular formula is C11H19F3N2O. The highest BCUT2D eigenvalue weighted by atomic mass is 19.4. The molecule has 0 spiro atoms. The zero-order valence-electron chi connectivity index (χ0n) is 9.72. The molecule has 1 saturated carbocycles. The number of rotatable bonds is 4. The molecule has 0 aromatic rings. The highest BCUT2D eigenvalue weighted by molar-refractivity contribution is 5.80. The van der Waals surface area contributed by atoms with E-state index >= 15 is 0 Å². The van der Waals surface area contributed by atoms with Gasteiger partial charge in [0.25, 0.3) is 0 Å². The fraction of sp³-hybridized carbons (Fsp3) is 0.909. The van der Waals surface area contributed by atoms with Crippen LogP contribution in [0.3, 0.4) is 0 Å². The molecule has 0 saturated heterocycles. The van der Waals surface area contributed by atoms with Crippen molar-refractivity contribution in [2.24, 2.45) is 11.7 Å². The van der Waals surface area contributed by atoms with E-state index in [4.69, 9.17) is 15.9 Å². The summed E-state index contributed by atoms with van der Waals surface area (Å²) >= 11 is 0. The predicted octanol–water partition coefficient (Wildman–Crippen LogP) is 2.84. The highest BCUT2D eigenvalue weighted by Crippen LogP contribution is 2.28. The molecule has 6 heteroatoms. The molecule has 1 unspecified atom stereocenters. The summed E-state index contributed by atoms with van der Waals surface area (Å²) in [6.07, 6.45) is 1.26. The average Bonchev–Trinajstić information content (AvgIpc) is 2.43. The molecule has 1 aliphatic carbocycles. The summed E-state index contributed by atoms with van der Waals surface area (Å²) in [5, 5.41) is 6.95. The Balaban J connectivity index is 2.43. The van der Waals surface area contributed by atoms with Crippen LogP contribution in [0.5, 0.6) is 0 Å². The van der Waals surface area contributed by atoms with E-state index in [0.29, 0.717) is 0 Å². The van der Waals surface area contributed by atoms with Crippen LogP contribution in [0.1, 0.15) is 38.5 Å². The fourth-order valence-electron chi connectivity index (χ4n) is 2.00. The molecule has 0 aromatic heterocycles. The van der Waals surface area contributed by atoms with Crippen LogP contribution in [0.4, 0.5) is 13.2 Å². The maximum Gasteiger partial charge on any atom is 0.400 e. The molecular weight excluding hydrogens is 233 g/mol. The Labute approximate surface area is 99.0 Å². The maximum atomic E-state index is 12.5. The van der Waals surface area contributed by atoms with Gasteiger partial charge in [0.05, 0.1) is 12.7 Å². The summed E-state index contributed by atoms with van der Waals surface area (Å²) in [5.74, 6) is -2.84. The summed E-state index contributed by atoms with van der Waals surface area (Å²) in [4.78, 5) is 0. The minimum atomic E-state index is -4.49. The Morgan fingerprint density at radius 3 is 2.18 bits per heavy atom. The van der Waals surface area contributed by atoms with Gasteiger partial charge in [0.1, 0.15) is 11.8 Å². The van der Waals surface area contributed by atoms with Crippen molar-refractivity contribution in [3.05, 3.63) is 0 Å². The van der Waals surface area contributed by atoms with Crippen LogP contribution in [0.25, 0.3) is 0 Å². The van der Waals surface area contributed by atoms with E-state index in [9.17, 15) is 13.2 Å². The first kappa shape index (κ1) is 14.3. The third-order valence-electron chi connectivity index (χ3n) is 3.07. The van der Waals surface area contributed by atoms with Gasteiger partial charge in [-0.15, -0.1) is 0 Å². The van der Waals surface area contributed by atoms with E-state index in [2.05, 4.69) is 0 Å². The summed E-state index contributed by atoms with van der Waals surface area (Å²) in [5.41, 5.74) is 4.95. The Hall–Kier alpha value is -0.780. The van der Waals surface area contributed by atoms with Crippen LogP contribution in [-0.2, 0) is 4.74 Å². The molecule has 1 fully saturated rings. The lowest BCUT2D eigenvalue weighted by Gasteiger charge is -2.22. The first-order valence-corrected chi connectivity index (χ1v) is 5.93. The standard InChI is InChI=1S/C11H19F3N2O/c12-11(13,14)9(10(15)16)7-17-8-5-3-1-2-4-6-8/h8-9H,1-7H2,(H3,15,16). The van der Waals surface area contributed by atoms with Crippen molar-refractivity contribution in [1.29, 1.82) is 5.41 Å². The second kappa shape index (κ2) is 6.23.